The Morgan fingerprint density at radius 2 is 1.89 bits per heavy atom. The highest BCUT2D eigenvalue weighted by Gasteiger charge is 2.38. The number of nitrogens with one attached hydrogen (secondary N) is 1. The summed E-state index contributed by atoms with van der Waals surface area (Å²) in [7, 11) is 1.95. The van der Waals surface area contributed by atoms with E-state index < -0.39 is 6.36 Å². The van der Waals surface area contributed by atoms with Gasteiger partial charge in [0.2, 0.25) is 5.91 Å². The Bertz CT molecular complexity index is 652. The van der Waals surface area contributed by atoms with Gasteiger partial charge in [-0.05, 0) is 70.4 Å². The van der Waals surface area contributed by atoms with Crippen molar-refractivity contribution >= 4 is 24.0 Å². The predicted octanol–water partition coefficient (Wildman–Crippen LogP) is 3.43. The van der Waals surface area contributed by atoms with E-state index in [1.807, 2.05) is 7.05 Å². The van der Waals surface area contributed by atoms with Crippen LogP contribution in [0.2, 0.25) is 0 Å². The Morgan fingerprint density at radius 3 is 2.54 bits per heavy atom. The molecule has 0 bridgehead atoms. The van der Waals surface area contributed by atoms with Crippen molar-refractivity contribution in [3.63, 3.8) is 0 Å². The fraction of sp³-hybridized carbons (Fsp3) is 0.632. The highest BCUT2D eigenvalue weighted by molar-refractivity contribution is 5.99. The smallest absolute Gasteiger partial charge is 0.406 e. The molecular weight excluding hydrogens is 395 g/mol. The van der Waals surface area contributed by atoms with E-state index >= 15 is 0 Å². The summed E-state index contributed by atoms with van der Waals surface area (Å²) in [6, 6.07) is 5.46. The molecule has 0 saturated carbocycles. The van der Waals surface area contributed by atoms with Crippen LogP contribution < -0.4 is 15.0 Å². The van der Waals surface area contributed by atoms with Crippen LogP contribution in [-0.4, -0.2) is 56.4 Å². The van der Waals surface area contributed by atoms with Gasteiger partial charge in [-0.2, -0.15) is 0 Å². The van der Waals surface area contributed by atoms with Crippen LogP contribution in [0.1, 0.15) is 25.7 Å². The number of likely N-dealkylation sites (tertiary alicyclic amines) is 1. The van der Waals surface area contributed by atoms with E-state index in [-0.39, 0.29) is 30.1 Å². The molecule has 2 heterocycles. The predicted molar refractivity (Wildman–Crippen MR) is 104 cm³/mol. The minimum atomic E-state index is -4.74. The second-order valence-electron chi connectivity index (χ2n) is 7.21. The van der Waals surface area contributed by atoms with Crippen molar-refractivity contribution in [2.45, 2.75) is 38.1 Å². The van der Waals surface area contributed by atoms with Gasteiger partial charge in [-0.15, -0.1) is 25.6 Å². The molecule has 0 spiro atoms. The first-order valence-corrected chi connectivity index (χ1v) is 9.43. The number of hydrogen-bond acceptors (Lipinski definition) is 4. The molecule has 9 heteroatoms. The van der Waals surface area contributed by atoms with Gasteiger partial charge in [0, 0.05) is 18.3 Å². The number of benzene rings is 1. The standard InChI is InChI=1S/C19H26F3N3O2.ClH/c1-23-9-5-14-6-10-24(11-7-14)17-8-12-25(18(17)26)15-3-2-4-16(13-15)27-19(20,21)22;/h2-4,13-14,17,23H,5-12H2,1H3;1H. The van der Waals surface area contributed by atoms with E-state index in [9.17, 15) is 18.0 Å². The van der Waals surface area contributed by atoms with E-state index in [4.69, 9.17) is 0 Å². The first-order valence-electron chi connectivity index (χ1n) is 9.43. The van der Waals surface area contributed by atoms with Gasteiger partial charge in [0.15, 0.2) is 0 Å². The third-order valence-corrected chi connectivity index (χ3v) is 5.43. The first-order chi connectivity index (χ1) is 12.9. The summed E-state index contributed by atoms with van der Waals surface area (Å²) >= 11 is 0. The average molecular weight is 422 g/mol. The molecule has 158 valence electrons. The van der Waals surface area contributed by atoms with Gasteiger partial charge in [0.1, 0.15) is 5.75 Å². The van der Waals surface area contributed by atoms with Gasteiger partial charge in [0.25, 0.3) is 0 Å². The molecule has 1 unspecified atom stereocenters. The maximum atomic E-state index is 12.9. The van der Waals surface area contributed by atoms with E-state index in [2.05, 4.69) is 15.0 Å². The summed E-state index contributed by atoms with van der Waals surface area (Å²) in [6.45, 7) is 3.32. The number of anilines is 1. The monoisotopic (exact) mass is 421 g/mol. The van der Waals surface area contributed by atoms with Crippen molar-refractivity contribution in [3.8, 4) is 5.75 Å². The van der Waals surface area contributed by atoms with Crippen LogP contribution in [-0.2, 0) is 4.79 Å². The molecule has 2 aliphatic rings. The zero-order valence-electron chi connectivity index (χ0n) is 15.9. The third kappa shape index (κ3) is 5.75. The molecule has 28 heavy (non-hydrogen) atoms. The molecule has 1 aromatic rings. The molecule has 5 nitrogen and oxygen atoms in total. The maximum Gasteiger partial charge on any atom is 0.573 e. The van der Waals surface area contributed by atoms with E-state index in [1.165, 1.54) is 18.2 Å². The Labute approximate surface area is 169 Å². The number of carbonyl (C=O) groups excluding carboxylic acids is 1. The van der Waals surface area contributed by atoms with E-state index in [0.717, 1.165) is 38.9 Å². The quantitative estimate of drug-likeness (QED) is 0.764. The summed E-state index contributed by atoms with van der Waals surface area (Å²) in [5.41, 5.74) is 0.452. The lowest BCUT2D eigenvalue weighted by Crippen LogP contribution is -2.46. The lowest BCUT2D eigenvalue weighted by Gasteiger charge is -2.35. The Hall–Kier alpha value is -1.51. The average Bonchev–Trinajstić information content (AvgIpc) is 3.01. The number of ether oxygens (including phenoxy) is 1. The van der Waals surface area contributed by atoms with E-state index in [0.29, 0.717) is 24.6 Å². The molecule has 1 aromatic carbocycles. The first kappa shape index (κ1) is 22.8. The molecule has 1 amide bonds. The third-order valence-electron chi connectivity index (χ3n) is 5.43. The zero-order valence-corrected chi connectivity index (χ0v) is 16.7. The van der Waals surface area contributed by atoms with Crippen molar-refractivity contribution < 1.29 is 22.7 Å². The normalized spacial score (nSPS) is 21.6. The molecule has 3 rings (SSSR count). The second kappa shape index (κ2) is 9.80. The molecule has 0 aliphatic carbocycles. The lowest BCUT2D eigenvalue weighted by molar-refractivity contribution is -0.274. The highest BCUT2D eigenvalue weighted by atomic mass is 35.5. The molecule has 0 aromatic heterocycles. The van der Waals surface area contributed by atoms with Crippen molar-refractivity contribution in [1.82, 2.24) is 10.2 Å². The number of hydrogen-bond donors (Lipinski definition) is 1. The molecule has 2 aliphatic heterocycles. The topological polar surface area (TPSA) is 44.8 Å². The van der Waals surface area contributed by atoms with Crippen molar-refractivity contribution in [1.29, 1.82) is 0 Å². The maximum absolute atomic E-state index is 12.9. The van der Waals surface area contributed by atoms with Gasteiger partial charge >= 0.3 is 6.36 Å². The van der Waals surface area contributed by atoms with Gasteiger partial charge in [-0.25, -0.2) is 0 Å². The van der Waals surface area contributed by atoms with Crippen molar-refractivity contribution in [2.75, 3.05) is 38.1 Å². The molecular formula is C19H27ClF3N3O2. The zero-order chi connectivity index (χ0) is 19.4. The summed E-state index contributed by atoms with van der Waals surface area (Å²) in [5, 5.41) is 3.18. The van der Waals surface area contributed by atoms with Crippen molar-refractivity contribution in [3.05, 3.63) is 24.3 Å². The molecule has 1 N–H and O–H groups in total. The summed E-state index contributed by atoms with van der Waals surface area (Å²) < 4.78 is 41.3. The van der Waals surface area contributed by atoms with Gasteiger partial charge in [-0.3, -0.25) is 9.69 Å². The van der Waals surface area contributed by atoms with Gasteiger partial charge < -0.3 is 15.0 Å². The number of piperidine rings is 1. The van der Waals surface area contributed by atoms with Crippen LogP contribution in [0.25, 0.3) is 0 Å². The Morgan fingerprint density at radius 1 is 1.18 bits per heavy atom. The van der Waals surface area contributed by atoms with Crippen LogP contribution in [0, 0.1) is 5.92 Å². The molecule has 2 fully saturated rings. The Kier molecular flexibility index (Phi) is 7.97. The second-order valence-corrected chi connectivity index (χ2v) is 7.21. The number of nitrogens with zero attached hydrogens (tertiary/aromatic N) is 2. The van der Waals surface area contributed by atoms with E-state index in [1.54, 1.807) is 11.0 Å². The molecule has 2 saturated heterocycles. The van der Waals surface area contributed by atoms with Crippen LogP contribution >= 0.6 is 12.4 Å². The number of carbonyl (C=O) groups is 1. The minimum Gasteiger partial charge on any atom is -0.406 e. The summed E-state index contributed by atoms with van der Waals surface area (Å²) in [5.74, 6) is 0.354. The fourth-order valence-corrected chi connectivity index (χ4v) is 4.01. The van der Waals surface area contributed by atoms with Crippen LogP contribution in [0.3, 0.4) is 0 Å². The number of halogens is 4. The number of amides is 1. The molecule has 0 radical (unpaired) electrons. The molecule has 1 atom stereocenters. The lowest BCUT2D eigenvalue weighted by atomic mass is 9.92. The SMILES string of the molecule is CNCCC1CCN(C2CCN(c3cccc(OC(F)(F)F)c3)C2=O)CC1.Cl. The summed E-state index contributed by atoms with van der Waals surface area (Å²) in [4.78, 5) is 16.7. The summed E-state index contributed by atoms with van der Waals surface area (Å²) in [6.07, 6.45) is -0.722. The van der Waals surface area contributed by atoms with Crippen LogP contribution in [0.15, 0.2) is 24.3 Å². The fourth-order valence-electron chi connectivity index (χ4n) is 4.01. The highest BCUT2D eigenvalue weighted by Crippen LogP contribution is 2.31. The van der Waals surface area contributed by atoms with Crippen LogP contribution in [0.4, 0.5) is 18.9 Å². The number of alkyl halides is 3. The van der Waals surface area contributed by atoms with Gasteiger partial charge in [0.05, 0.1) is 6.04 Å². The van der Waals surface area contributed by atoms with Crippen LogP contribution in [0.5, 0.6) is 5.75 Å². The Balaban J connectivity index is 0.00000280. The number of rotatable bonds is 6. The van der Waals surface area contributed by atoms with Gasteiger partial charge in [-0.1, -0.05) is 6.07 Å². The minimum absolute atomic E-state index is 0. The van der Waals surface area contributed by atoms with Crippen molar-refractivity contribution in [2.24, 2.45) is 5.92 Å². The largest absolute Gasteiger partial charge is 0.573 e.